The monoisotopic (exact) mass is 521 g/mol. The number of piperidine rings is 1. The van der Waals surface area contributed by atoms with E-state index in [-0.39, 0.29) is 28.8 Å². The van der Waals surface area contributed by atoms with Crippen molar-refractivity contribution in [3.05, 3.63) is 35.0 Å². The van der Waals surface area contributed by atoms with Crippen molar-refractivity contribution in [2.24, 2.45) is 5.16 Å². The number of carbonyl (C=O) groups is 3. The second kappa shape index (κ2) is 10.4. The Morgan fingerprint density at radius 2 is 2.17 bits per heavy atom. The van der Waals surface area contributed by atoms with E-state index in [2.05, 4.69) is 29.1 Å². The number of thioether (sulfide) groups is 1. The highest BCUT2D eigenvalue weighted by Gasteiger charge is 2.55. The van der Waals surface area contributed by atoms with E-state index in [1.54, 1.807) is 5.38 Å². The molecule has 2 atom stereocenters. The standard InChI is InChI=1S/C22H28N6O5S2/c1-3-9-33-26-15(14-12-35-22(23)24-14)18(29)25-16-19(30)27-17(21(31)32)13(11-34-20(16)27)10-28(2)7-5-4-6-8-28/h3,12,16,20H,1,4-11H2,2H3,(H3-,23,24,25,29,31,32)/p+1/b26-15-/t16?,20-/m1/s1. The number of nitrogens with one attached hydrogen (secondary N) is 1. The molecule has 1 unspecified atom stereocenters. The van der Waals surface area contributed by atoms with Crippen molar-refractivity contribution in [3.8, 4) is 0 Å². The fourth-order valence-electron chi connectivity index (χ4n) is 4.66. The number of thiazole rings is 1. The van der Waals surface area contributed by atoms with Gasteiger partial charge < -0.3 is 25.5 Å². The number of likely N-dealkylation sites (tertiary alicyclic amines) is 1. The number of anilines is 1. The van der Waals surface area contributed by atoms with Crippen LogP contribution in [0.3, 0.4) is 0 Å². The van der Waals surface area contributed by atoms with Crippen molar-refractivity contribution in [2.45, 2.75) is 30.7 Å². The summed E-state index contributed by atoms with van der Waals surface area (Å²) in [7, 11) is 2.14. The second-order valence-electron chi connectivity index (χ2n) is 9.00. The molecule has 35 heavy (non-hydrogen) atoms. The molecule has 1 aromatic rings. The third-order valence-corrected chi connectivity index (χ3v) is 8.35. The molecule has 4 N–H and O–H groups in total. The summed E-state index contributed by atoms with van der Waals surface area (Å²) < 4.78 is 0.779. The average Bonchev–Trinajstić information content (AvgIpc) is 3.25. The maximum absolute atomic E-state index is 13.1. The summed E-state index contributed by atoms with van der Waals surface area (Å²) in [5.74, 6) is -1.75. The molecule has 0 aromatic carbocycles. The zero-order valence-corrected chi connectivity index (χ0v) is 21.1. The molecule has 2 amide bonds. The first-order valence-corrected chi connectivity index (χ1v) is 13.2. The lowest BCUT2D eigenvalue weighted by atomic mass is 10.0. The Morgan fingerprint density at radius 3 is 2.80 bits per heavy atom. The van der Waals surface area contributed by atoms with Gasteiger partial charge in [0.05, 0.1) is 20.1 Å². The van der Waals surface area contributed by atoms with Gasteiger partial charge >= 0.3 is 5.97 Å². The van der Waals surface area contributed by atoms with E-state index in [9.17, 15) is 19.5 Å². The molecule has 0 aliphatic carbocycles. The van der Waals surface area contributed by atoms with Crippen LogP contribution in [0.15, 0.2) is 34.5 Å². The molecule has 0 spiro atoms. The van der Waals surface area contributed by atoms with Crippen LogP contribution in [0, 0.1) is 0 Å². The summed E-state index contributed by atoms with van der Waals surface area (Å²) in [5, 5.41) is 17.8. The quantitative estimate of drug-likeness (QED) is 0.109. The predicted octanol–water partition coefficient (Wildman–Crippen LogP) is 1.00. The van der Waals surface area contributed by atoms with E-state index < -0.39 is 29.2 Å². The van der Waals surface area contributed by atoms with Crippen LogP contribution >= 0.6 is 23.1 Å². The lowest BCUT2D eigenvalue weighted by molar-refractivity contribution is -0.909. The number of likely N-dealkylation sites (N-methyl/N-ethyl adjacent to an activating group) is 1. The number of oxime groups is 1. The normalized spacial score (nSPS) is 23.9. The zero-order valence-electron chi connectivity index (χ0n) is 19.4. The number of carbonyl (C=O) groups excluding carboxylic acids is 2. The summed E-state index contributed by atoms with van der Waals surface area (Å²) in [6.45, 7) is 6.21. The van der Waals surface area contributed by atoms with Gasteiger partial charge in [-0.15, -0.1) is 23.1 Å². The Balaban J connectivity index is 1.51. The third-order valence-electron chi connectivity index (χ3n) is 6.33. The fourth-order valence-corrected chi connectivity index (χ4v) is 6.55. The summed E-state index contributed by atoms with van der Waals surface area (Å²) in [6.07, 6.45) is 4.90. The molecule has 1 aromatic heterocycles. The number of nitrogens with two attached hydrogens (primary N) is 1. The molecule has 3 aliphatic heterocycles. The van der Waals surface area contributed by atoms with Crippen LogP contribution in [-0.4, -0.2) is 93.4 Å². The number of carboxylic acids is 1. The number of β-lactam (4-membered cyclic amide) rings is 1. The lowest BCUT2D eigenvalue weighted by Crippen LogP contribution is -2.71. The van der Waals surface area contributed by atoms with Crippen LogP contribution in [0.4, 0.5) is 5.13 Å². The van der Waals surface area contributed by atoms with E-state index in [0.717, 1.165) is 47.3 Å². The number of hydrogen-bond acceptors (Lipinski definition) is 9. The summed E-state index contributed by atoms with van der Waals surface area (Å²) in [4.78, 5) is 48.8. The number of aliphatic carboxylic acids is 1. The van der Waals surface area contributed by atoms with Gasteiger partial charge in [0.2, 0.25) is 0 Å². The summed E-state index contributed by atoms with van der Waals surface area (Å²) in [6, 6.07) is -0.885. The van der Waals surface area contributed by atoms with Gasteiger partial charge in [-0.25, -0.2) is 9.78 Å². The van der Waals surface area contributed by atoms with Gasteiger partial charge in [0.15, 0.2) is 10.8 Å². The first-order chi connectivity index (χ1) is 16.7. The Labute approximate surface area is 211 Å². The van der Waals surface area contributed by atoms with E-state index in [1.807, 2.05) is 0 Å². The Kier molecular flexibility index (Phi) is 7.47. The largest absolute Gasteiger partial charge is 0.477 e. The first-order valence-electron chi connectivity index (χ1n) is 11.3. The second-order valence-corrected chi connectivity index (χ2v) is 11.0. The third kappa shape index (κ3) is 5.21. The number of hydrogen-bond donors (Lipinski definition) is 3. The molecule has 13 heteroatoms. The minimum Gasteiger partial charge on any atom is -0.477 e. The van der Waals surface area contributed by atoms with E-state index >= 15 is 0 Å². The van der Waals surface area contributed by atoms with Gasteiger partial charge in [-0.2, -0.15) is 0 Å². The first kappa shape index (κ1) is 25.2. The van der Waals surface area contributed by atoms with Crippen molar-refractivity contribution in [3.63, 3.8) is 0 Å². The molecule has 3 aliphatic rings. The van der Waals surface area contributed by atoms with Crippen LogP contribution in [0.1, 0.15) is 25.0 Å². The van der Waals surface area contributed by atoms with Gasteiger partial charge in [-0.05, 0) is 19.3 Å². The molecule has 188 valence electrons. The molecular weight excluding hydrogens is 492 g/mol. The molecule has 0 radical (unpaired) electrons. The van der Waals surface area contributed by atoms with Crippen molar-refractivity contribution >= 4 is 51.7 Å². The molecular formula is C22H29N6O5S2+. The Hall–Kier alpha value is -2.90. The fraction of sp³-hybridized carbons (Fsp3) is 0.500. The van der Waals surface area contributed by atoms with Crippen LogP contribution in [0.2, 0.25) is 0 Å². The SMILES string of the molecule is C=CCO/N=C(\C(=O)NC1C(=O)N2C(C(=O)O)=C(C[N+]3(C)CCCCC3)CS[C@H]12)c1csc(N)n1. The maximum Gasteiger partial charge on any atom is 0.352 e. The molecule has 11 nitrogen and oxygen atoms in total. The van der Waals surface area contributed by atoms with Gasteiger partial charge in [0.1, 0.15) is 36.0 Å². The van der Waals surface area contributed by atoms with Crippen LogP contribution in [0.25, 0.3) is 0 Å². The van der Waals surface area contributed by atoms with Gasteiger partial charge in [-0.1, -0.05) is 17.8 Å². The Morgan fingerprint density at radius 1 is 1.43 bits per heavy atom. The number of rotatable bonds is 9. The Bertz CT molecular complexity index is 1090. The molecule has 0 saturated carbocycles. The topological polar surface area (TPSA) is 147 Å². The highest BCUT2D eigenvalue weighted by atomic mass is 32.2. The number of nitrogens with zero attached hydrogens (tertiary/aromatic N) is 4. The number of amides is 2. The molecule has 0 bridgehead atoms. The lowest BCUT2D eigenvalue weighted by Gasteiger charge is -2.50. The number of carboxylic acid groups (broad SMARTS) is 1. The van der Waals surface area contributed by atoms with E-state index in [4.69, 9.17) is 10.6 Å². The number of fused-ring (bicyclic) bond motifs is 1. The molecule has 4 heterocycles. The smallest absolute Gasteiger partial charge is 0.352 e. The van der Waals surface area contributed by atoms with E-state index in [1.165, 1.54) is 29.2 Å². The number of quaternary nitrogens is 1. The van der Waals surface area contributed by atoms with E-state index in [0.29, 0.717) is 12.3 Å². The minimum atomic E-state index is -1.12. The van der Waals surface area contributed by atoms with Gasteiger partial charge in [-0.3, -0.25) is 14.5 Å². The summed E-state index contributed by atoms with van der Waals surface area (Å²) >= 11 is 2.60. The van der Waals surface area contributed by atoms with Crippen LogP contribution < -0.4 is 11.1 Å². The number of nitrogen functional groups attached to an aromatic ring is 1. The molecule has 2 fully saturated rings. The van der Waals surface area contributed by atoms with Gasteiger partial charge in [0.25, 0.3) is 11.8 Å². The average molecular weight is 522 g/mol. The zero-order chi connectivity index (χ0) is 25.2. The highest BCUT2D eigenvalue weighted by Crippen LogP contribution is 2.41. The maximum atomic E-state index is 13.1. The van der Waals surface area contributed by atoms with Crippen molar-refractivity contribution in [1.29, 1.82) is 0 Å². The van der Waals surface area contributed by atoms with Gasteiger partial charge in [0, 0.05) is 16.7 Å². The number of aromatic nitrogens is 1. The van der Waals surface area contributed by atoms with Crippen molar-refractivity contribution in [2.75, 3.05) is 44.8 Å². The molecule has 4 rings (SSSR count). The predicted molar refractivity (Wildman–Crippen MR) is 134 cm³/mol. The highest BCUT2D eigenvalue weighted by molar-refractivity contribution is 8.00. The summed E-state index contributed by atoms with van der Waals surface area (Å²) in [5.41, 5.74) is 6.60. The van der Waals surface area contributed by atoms with Crippen molar-refractivity contribution < 1.29 is 28.8 Å². The van der Waals surface area contributed by atoms with Crippen molar-refractivity contribution in [1.82, 2.24) is 15.2 Å². The van der Waals surface area contributed by atoms with Crippen LogP contribution in [-0.2, 0) is 19.2 Å². The minimum absolute atomic E-state index is 0.0460. The molecule has 2 saturated heterocycles. The van der Waals surface area contributed by atoms with Crippen LogP contribution in [0.5, 0.6) is 0 Å².